The minimum Gasteiger partial charge on any atom is -0.507 e. The van der Waals surface area contributed by atoms with E-state index in [1.54, 1.807) is 0 Å². The standard InChI is InChI=1S/C24H26N2O5/c25-24(29)20-13-19(11-12-21(20)27)31-23(30-16-17-7-3-1-4-8-17)15-26-14-22(28)18-9-5-2-6-10-18/h1-13,22-23,26-28H,14-16H2,(H2,25,29). The van der Waals surface area contributed by atoms with E-state index in [1.165, 1.54) is 18.2 Å². The predicted octanol–water partition coefficient (Wildman–Crippen LogP) is 2.74. The van der Waals surface area contributed by atoms with Gasteiger partial charge in [0.05, 0.1) is 24.8 Å². The smallest absolute Gasteiger partial charge is 0.252 e. The third kappa shape index (κ3) is 6.82. The zero-order valence-electron chi connectivity index (χ0n) is 17.0. The average molecular weight is 422 g/mol. The summed E-state index contributed by atoms with van der Waals surface area (Å²) in [6.45, 7) is 0.902. The molecule has 0 bridgehead atoms. The minimum absolute atomic E-state index is 0.0354. The van der Waals surface area contributed by atoms with Gasteiger partial charge >= 0.3 is 0 Å². The molecule has 0 aliphatic heterocycles. The Labute approximate surface area is 181 Å². The number of carbonyl (C=O) groups excluding carboxylic acids is 1. The predicted molar refractivity (Wildman–Crippen MR) is 117 cm³/mol. The Bertz CT molecular complexity index is 966. The van der Waals surface area contributed by atoms with Gasteiger partial charge < -0.3 is 30.7 Å². The number of nitrogens with one attached hydrogen (secondary N) is 1. The number of phenols is 1. The number of aliphatic hydroxyl groups is 1. The quantitative estimate of drug-likeness (QED) is 0.353. The number of rotatable bonds is 11. The number of hydrogen-bond acceptors (Lipinski definition) is 6. The van der Waals surface area contributed by atoms with E-state index < -0.39 is 18.3 Å². The van der Waals surface area contributed by atoms with Crippen molar-refractivity contribution in [1.29, 1.82) is 0 Å². The molecule has 7 heteroatoms. The summed E-state index contributed by atoms with van der Waals surface area (Å²) in [5.74, 6) is -0.644. The van der Waals surface area contributed by atoms with Gasteiger partial charge in [-0.2, -0.15) is 0 Å². The van der Waals surface area contributed by atoms with Crippen molar-refractivity contribution >= 4 is 5.91 Å². The number of hydrogen-bond donors (Lipinski definition) is 4. The Kier molecular flexibility index (Phi) is 8.00. The highest BCUT2D eigenvalue weighted by molar-refractivity contribution is 5.95. The molecule has 2 unspecified atom stereocenters. The SMILES string of the molecule is NC(=O)c1cc(OC(CNCC(O)c2ccccc2)OCc2ccccc2)ccc1O. The molecule has 0 aromatic heterocycles. The Morgan fingerprint density at radius 2 is 1.65 bits per heavy atom. The third-order valence-corrected chi connectivity index (χ3v) is 4.61. The Morgan fingerprint density at radius 1 is 0.968 bits per heavy atom. The first-order chi connectivity index (χ1) is 15.0. The van der Waals surface area contributed by atoms with E-state index in [0.717, 1.165) is 11.1 Å². The third-order valence-electron chi connectivity index (χ3n) is 4.61. The second-order valence-corrected chi connectivity index (χ2v) is 6.97. The monoisotopic (exact) mass is 422 g/mol. The number of aromatic hydroxyl groups is 1. The van der Waals surface area contributed by atoms with Gasteiger partial charge in [0, 0.05) is 6.54 Å². The van der Waals surface area contributed by atoms with E-state index in [9.17, 15) is 15.0 Å². The second-order valence-electron chi connectivity index (χ2n) is 6.97. The van der Waals surface area contributed by atoms with Crippen LogP contribution >= 0.6 is 0 Å². The van der Waals surface area contributed by atoms with Crippen LogP contribution in [-0.4, -0.2) is 35.5 Å². The van der Waals surface area contributed by atoms with Gasteiger partial charge in [0.2, 0.25) is 6.29 Å². The minimum atomic E-state index is -0.756. The summed E-state index contributed by atoms with van der Waals surface area (Å²) in [6, 6.07) is 23.2. The summed E-state index contributed by atoms with van der Waals surface area (Å²) in [7, 11) is 0. The summed E-state index contributed by atoms with van der Waals surface area (Å²) >= 11 is 0. The van der Waals surface area contributed by atoms with Crippen molar-refractivity contribution < 1.29 is 24.5 Å². The van der Waals surface area contributed by atoms with Crippen LogP contribution < -0.4 is 15.8 Å². The van der Waals surface area contributed by atoms with E-state index in [1.807, 2.05) is 60.7 Å². The molecule has 3 aromatic carbocycles. The van der Waals surface area contributed by atoms with Gasteiger partial charge in [0.1, 0.15) is 11.5 Å². The molecule has 3 rings (SSSR count). The average Bonchev–Trinajstić information content (AvgIpc) is 2.79. The highest BCUT2D eigenvalue weighted by Crippen LogP contribution is 2.23. The zero-order valence-corrected chi connectivity index (χ0v) is 17.0. The van der Waals surface area contributed by atoms with E-state index >= 15 is 0 Å². The van der Waals surface area contributed by atoms with Crippen LogP contribution in [0.4, 0.5) is 0 Å². The highest BCUT2D eigenvalue weighted by Gasteiger charge is 2.16. The first kappa shape index (κ1) is 22.3. The molecule has 0 heterocycles. The molecule has 1 amide bonds. The van der Waals surface area contributed by atoms with Crippen LogP contribution in [0.2, 0.25) is 0 Å². The van der Waals surface area contributed by atoms with E-state index in [0.29, 0.717) is 18.9 Å². The molecule has 0 aliphatic rings. The van der Waals surface area contributed by atoms with Crippen molar-refractivity contribution in [3.8, 4) is 11.5 Å². The molecule has 31 heavy (non-hydrogen) atoms. The van der Waals surface area contributed by atoms with E-state index in [-0.39, 0.29) is 17.9 Å². The van der Waals surface area contributed by atoms with Crippen LogP contribution in [0.25, 0.3) is 0 Å². The zero-order chi connectivity index (χ0) is 22.1. The number of benzene rings is 3. The number of primary amides is 1. The molecular weight excluding hydrogens is 396 g/mol. The van der Waals surface area contributed by atoms with Gasteiger partial charge in [0.25, 0.3) is 5.91 Å². The van der Waals surface area contributed by atoms with E-state index in [2.05, 4.69) is 5.32 Å². The maximum absolute atomic E-state index is 11.5. The fourth-order valence-electron chi connectivity index (χ4n) is 2.97. The van der Waals surface area contributed by atoms with E-state index in [4.69, 9.17) is 15.2 Å². The summed E-state index contributed by atoms with van der Waals surface area (Å²) in [5.41, 5.74) is 7.04. The molecule has 3 aromatic rings. The molecule has 0 aliphatic carbocycles. The molecule has 0 fully saturated rings. The van der Waals surface area contributed by atoms with Crippen LogP contribution in [0, 0.1) is 0 Å². The number of aliphatic hydroxyl groups excluding tert-OH is 1. The van der Waals surface area contributed by atoms with Crippen LogP contribution in [0.15, 0.2) is 78.9 Å². The van der Waals surface area contributed by atoms with Gasteiger partial charge in [-0.3, -0.25) is 4.79 Å². The number of carbonyl (C=O) groups is 1. The van der Waals surface area contributed by atoms with Gasteiger partial charge in [-0.1, -0.05) is 60.7 Å². The summed E-state index contributed by atoms with van der Waals surface area (Å²) in [6.07, 6.45) is -1.39. The van der Waals surface area contributed by atoms with Crippen molar-refractivity contribution in [3.63, 3.8) is 0 Å². The van der Waals surface area contributed by atoms with Crippen molar-refractivity contribution in [2.45, 2.75) is 19.0 Å². The molecule has 0 saturated carbocycles. The number of amides is 1. The van der Waals surface area contributed by atoms with Crippen LogP contribution in [-0.2, 0) is 11.3 Å². The van der Waals surface area contributed by atoms with Gasteiger partial charge in [0.15, 0.2) is 0 Å². The molecule has 162 valence electrons. The largest absolute Gasteiger partial charge is 0.507 e. The van der Waals surface area contributed by atoms with Crippen molar-refractivity contribution in [3.05, 3.63) is 95.6 Å². The topological polar surface area (TPSA) is 114 Å². The lowest BCUT2D eigenvalue weighted by molar-refractivity contribution is -0.0874. The normalized spacial score (nSPS) is 12.8. The van der Waals surface area contributed by atoms with Gasteiger partial charge in [-0.25, -0.2) is 0 Å². The first-order valence-electron chi connectivity index (χ1n) is 9.91. The van der Waals surface area contributed by atoms with Gasteiger partial charge in [-0.15, -0.1) is 0 Å². The molecule has 5 N–H and O–H groups in total. The first-order valence-corrected chi connectivity index (χ1v) is 9.91. The van der Waals surface area contributed by atoms with Crippen molar-refractivity contribution in [1.82, 2.24) is 5.32 Å². The fraction of sp³-hybridized carbons (Fsp3) is 0.208. The highest BCUT2D eigenvalue weighted by atomic mass is 16.7. The van der Waals surface area contributed by atoms with Gasteiger partial charge in [-0.05, 0) is 29.3 Å². The second kappa shape index (κ2) is 11.1. The van der Waals surface area contributed by atoms with Crippen LogP contribution in [0.5, 0.6) is 11.5 Å². The lowest BCUT2D eigenvalue weighted by Crippen LogP contribution is -2.35. The van der Waals surface area contributed by atoms with Crippen molar-refractivity contribution in [2.24, 2.45) is 5.73 Å². The molecule has 0 radical (unpaired) electrons. The van der Waals surface area contributed by atoms with Crippen molar-refractivity contribution in [2.75, 3.05) is 13.1 Å². The molecular formula is C24H26N2O5. The maximum atomic E-state index is 11.5. The summed E-state index contributed by atoms with van der Waals surface area (Å²) in [5, 5.41) is 23.3. The van der Waals surface area contributed by atoms with Crippen LogP contribution in [0.3, 0.4) is 0 Å². The fourth-order valence-corrected chi connectivity index (χ4v) is 2.97. The summed E-state index contributed by atoms with van der Waals surface area (Å²) < 4.78 is 11.8. The Balaban J connectivity index is 1.64. The molecule has 7 nitrogen and oxygen atoms in total. The lowest BCUT2D eigenvalue weighted by atomic mass is 10.1. The number of nitrogens with two attached hydrogens (primary N) is 1. The number of ether oxygens (including phenoxy) is 2. The van der Waals surface area contributed by atoms with Crippen LogP contribution in [0.1, 0.15) is 27.6 Å². The maximum Gasteiger partial charge on any atom is 0.252 e. The Morgan fingerprint density at radius 3 is 2.32 bits per heavy atom. The molecule has 2 atom stereocenters. The molecule has 0 spiro atoms. The Hall–Kier alpha value is -3.39. The summed E-state index contributed by atoms with van der Waals surface area (Å²) in [4.78, 5) is 11.5. The molecule has 0 saturated heterocycles. The lowest BCUT2D eigenvalue weighted by Gasteiger charge is -2.22.